The molecule has 8 heteroatoms. The topological polar surface area (TPSA) is 110 Å². The summed E-state index contributed by atoms with van der Waals surface area (Å²) in [6.45, 7) is -0.294. The van der Waals surface area contributed by atoms with Crippen molar-refractivity contribution >= 4 is 0 Å². The minimum absolute atomic E-state index is 0.294. The van der Waals surface area contributed by atoms with E-state index in [2.05, 4.69) is 10.2 Å². The van der Waals surface area contributed by atoms with Gasteiger partial charge in [0.15, 0.2) is 6.29 Å². The molecule has 1 rings (SSSR count). The second-order valence-electron chi connectivity index (χ2n) is 3.75. The van der Waals surface area contributed by atoms with Gasteiger partial charge in [0.05, 0.1) is 6.61 Å². The summed E-state index contributed by atoms with van der Waals surface area (Å²) < 4.78 is 15.6. The molecule has 0 bridgehead atoms. The number of hydrogen-bond donors (Lipinski definition) is 4. The van der Waals surface area contributed by atoms with E-state index in [0.717, 1.165) is 6.26 Å². The first-order valence-corrected chi connectivity index (χ1v) is 5.40. The van der Waals surface area contributed by atoms with Gasteiger partial charge in [-0.25, -0.2) is 5.26 Å². The third-order valence-corrected chi connectivity index (χ3v) is 2.78. The second-order valence-corrected chi connectivity index (χ2v) is 3.75. The van der Waals surface area contributed by atoms with Crippen molar-refractivity contribution in [2.45, 2.75) is 30.6 Å². The second kappa shape index (κ2) is 7.52. The Kier molecular flexibility index (Phi) is 6.33. The first kappa shape index (κ1) is 15.2. The molecule has 5 atom stereocenters. The normalized spacial score (nSPS) is 36.8. The van der Waals surface area contributed by atoms with E-state index >= 15 is 0 Å². The van der Waals surface area contributed by atoms with E-state index in [0.29, 0.717) is 0 Å². The van der Waals surface area contributed by atoms with Gasteiger partial charge in [-0.3, -0.25) is 0 Å². The first-order valence-electron chi connectivity index (χ1n) is 5.40. The molecule has 1 fully saturated rings. The summed E-state index contributed by atoms with van der Waals surface area (Å²) >= 11 is 0. The molecule has 0 aromatic carbocycles. The van der Waals surface area contributed by atoms with E-state index in [9.17, 15) is 5.11 Å². The third kappa shape index (κ3) is 3.31. The van der Waals surface area contributed by atoms with Crippen LogP contribution < -0.4 is 5.32 Å². The van der Waals surface area contributed by atoms with Crippen molar-refractivity contribution in [1.82, 2.24) is 5.32 Å². The highest BCUT2D eigenvalue weighted by molar-refractivity contribution is 4.96. The van der Waals surface area contributed by atoms with Crippen molar-refractivity contribution in [2.24, 2.45) is 0 Å². The number of ether oxygens (including phenoxy) is 3. The predicted molar refractivity (Wildman–Crippen MR) is 59.3 cm³/mol. The van der Waals surface area contributed by atoms with E-state index < -0.39 is 30.6 Å². The molecule has 0 aromatic rings. The van der Waals surface area contributed by atoms with Gasteiger partial charge in [-0.15, -0.1) is 0 Å². The molecule has 1 saturated heterocycles. The maximum Gasteiger partial charge on any atom is 0.180 e. The molecule has 1 aliphatic heterocycles. The molecule has 4 N–H and O–H groups in total. The summed E-state index contributed by atoms with van der Waals surface area (Å²) in [5.74, 6) is 0. The first-order chi connectivity index (χ1) is 8.69. The molecule has 18 heavy (non-hydrogen) atoms. The fourth-order valence-corrected chi connectivity index (χ4v) is 1.92. The van der Waals surface area contributed by atoms with Crippen molar-refractivity contribution < 1.29 is 34.6 Å². The van der Waals surface area contributed by atoms with Gasteiger partial charge >= 0.3 is 0 Å². The zero-order valence-corrected chi connectivity index (χ0v) is 10.2. The Morgan fingerprint density at radius 1 is 1.33 bits per heavy atom. The zero-order chi connectivity index (χ0) is 13.5. The molecule has 1 heterocycles. The number of rotatable bonds is 6. The summed E-state index contributed by atoms with van der Waals surface area (Å²) in [4.78, 5) is 3.75. The van der Waals surface area contributed by atoms with E-state index in [4.69, 9.17) is 24.6 Å². The number of aliphatic hydroxyl groups excluding tert-OH is 2. The standard InChI is InChI=1S/C10H19NO7/c1-15-9-6(5-12)18-10(16-2)7(8(9)13)11-3-4-17-14/h3-4,6-14H,5H2,1-2H3/b4-3-. The smallest absolute Gasteiger partial charge is 0.180 e. The van der Waals surface area contributed by atoms with E-state index in [1.165, 1.54) is 20.4 Å². The van der Waals surface area contributed by atoms with Crippen LogP contribution in [0.3, 0.4) is 0 Å². The van der Waals surface area contributed by atoms with Crippen LogP contribution in [0.2, 0.25) is 0 Å². The van der Waals surface area contributed by atoms with Crippen LogP contribution in [0.1, 0.15) is 0 Å². The molecule has 0 aromatic heterocycles. The van der Waals surface area contributed by atoms with Crippen LogP contribution in [0.25, 0.3) is 0 Å². The van der Waals surface area contributed by atoms with Crippen LogP contribution in [0, 0.1) is 0 Å². The van der Waals surface area contributed by atoms with Crippen molar-refractivity contribution in [2.75, 3.05) is 20.8 Å². The summed E-state index contributed by atoms with van der Waals surface area (Å²) in [7, 11) is 2.83. The molecular formula is C10H19NO7. The van der Waals surface area contributed by atoms with Gasteiger partial charge in [-0.05, 0) is 0 Å². The average molecular weight is 265 g/mol. The van der Waals surface area contributed by atoms with Gasteiger partial charge in [0.2, 0.25) is 0 Å². The minimum atomic E-state index is -0.964. The summed E-state index contributed by atoms with van der Waals surface area (Å²) in [6.07, 6.45) is -0.830. The fourth-order valence-electron chi connectivity index (χ4n) is 1.92. The third-order valence-electron chi connectivity index (χ3n) is 2.78. The number of hydrogen-bond acceptors (Lipinski definition) is 8. The van der Waals surface area contributed by atoms with Crippen LogP contribution in [-0.2, 0) is 19.1 Å². The van der Waals surface area contributed by atoms with Gasteiger partial charge in [-0.1, -0.05) is 0 Å². The number of nitrogens with one attached hydrogen (secondary N) is 1. The predicted octanol–water partition coefficient (Wildman–Crippen LogP) is -1.36. The highest BCUT2D eigenvalue weighted by atomic mass is 17.1. The largest absolute Gasteiger partial charge is 0.394 e. The van der Waals surface area contributed by atoms with Crippen LogP contribution in [0.4, 0.5) is 0 Å². The molecular weight excluding hydrogens is 246 g/mol. The molecule has 0 saturated carbocycles. The highest BCUT2D eigenvalue weighted by Crippen LogP contribution is 2.23. The summed E-state index contributed by atoms with van der Waals surface area (Å²) in [5, 5.41) is 30.2. The van der Waals surface area contributed by atoms with Crippen molar-refractivity contribution in [3.8, 4) is 0 Å². The van der Waals surface area contributed by atoms with E-state index in [1.807, 2.05) is 0 Å². The van der Waals surface area contributed by atoms with Crippen molar-refractivity contribution in [1.29, 1.82) is 0 Å². The lowest BCUT2D eigenvalue weighted by atomic mass is 9.97. The highest BCUT2D eigenvalue weighted by Gasteiger charge is 2.45. The van der Waals surface area contributed by atoms with Gasteiger partial charge in [0, 0.05) is 20.4 Å². The van der Waals surface area contributed by atoms with Crippen LogP contribution in [-0.4, -0.2) is 66.9 Å². The van der Waals surface area contributed by atoms with Gasteiger partial charge in [0.1, 0.15) is 30.6 Å². The van der Waals surface area contributed by atoms with Crippen molar-refractivity contribution in [3.05, 3.63) is 12.5 Å². The number of methoxy groups -OCH3 is 2. The fraction of sp³-hybridized carbons (Fsp3) is 0.800. The lowest BCUT2D eigenvalue weighted by Gasteiger charge is -2.43. The van der Waals surface area contributed by atoms with Gasteiger partial charge < -0.3 is 34.6 Å². The number of aliphatic hydroxyl groups is 2. The average Bonchev–Trinajstić information content (AvgIpc) is 2.39. The molecule has 0 radical (unpaired) electrons. The Morgan fingerprint density at radius 3 is 2.56 bits per heavy atom. The molecule has 5 unspecified atom stereocenters. The molecule has 0 amide bonds. The van der Waals surface area contributed by atoms with Crippen LogP contribution >= 0.6 is 0 Å². The lowest BCUT2D eigenvalue weighted by Crippen LogP contribution is -2.63. The summed E-state index contributed by atoms with van der Waals surface area (Å²) in [5.41, 5.74) is 0. The maximum absolute atomic E-state index is 10.1. The molecule has 8 nitrogen and oxygen atoms in total. The summed E-state index contributed by atoms with van der Waals surface area (Å²) in [6, 6.07) is -0.630. The molecule has 0 spiro atoms. The van der Waals surface area contributed by atoms with E-state index in [-0.39, 0.29) is 6.61 Å². The quantitative estimate of drug-likeness (QED) is 0.265. The SMILES string of the molecule is COC1OC(CO)C(OC)C(O)C1N/C=C\OO. The van der Waals surface area contributed by atoms with Gasteiger partial charge in [-0.2, -0.15) is 0 Å². The Hall–Kier alpha value is -0.900. The van der Waals surface area contributed by atoms with Crippen molar-refractivity contribution in [3.63, 3.8) is 0 Å². The Bertz CT molecular complexity index is 263. The minimum Gasteiger partial charge on any atom is -0.394 e. The molecule has 1 aliphatic rings. The van der Waals surface area contributed by atoms with Crippen LogP contribution in [0.15, 0.2) is 12.5 Å². The molecule has 106 valence electrons. The zero-order valence-electron chi connectivity index (χ0n) is 10.2. The van der Waals surface area contributed by atoms with Gasteiger partial charge in [0.25, 0.3) is 0 Å². The van der Waals surface area contributed by atoms with Crippen LogP contribution in [0.5, 0.6) is 0 Å². The lowest BCUT2D eigenvalue weighted by molar-refractivity contribution is -0.266. The Morgan fingerprint density at radius 2 is 2.06 bits per heavy atom. The Labute approximate surface area is 105 Å². The van der Waals surface area contributed by atoms with E-state index in [1.54, 1.807) is 0 Å². The Balaban J connectivity index is 2.75. The molecule has 0 aliphatic carbocycles. The maximum atomic E-state index is 10.1. The monoisotopic (exact) mass is 265 g/mol.